The molecule has 0 amide bonds. The van der Waals surface area contributed by atoms with E-state index < -0.39 is 0 Å². The molecular formula is C14H14N4S. The second-order valence-electron chi connectivity index (χ2n) is 4.78. The van der Waals surface area contributed by atoms with Gasteiger partial charge in [-0.3, -0.25) is 0 Å². The number of pyridine rings is 1. The van der Waals surface area contributed by atoms with E-state index in [1.165, 1.54) is 0 Å². The van der Waals surface area contributed by atoms with Gasteiger partial charge in [0.1, 0.15) is 11.8 Å². The van der Waals surface area contributed by atoms with Gasteiger partial charge < -0.3 is 4.31 Å². The summed E-state index contributed by atoms with van der Waals surface area (Å²) in [5, 5.41) is 11.0. The van der Waals surface area contributed by atoms with Crippen molar-refractivity contribution in [1.29, 1.82) is 5.26 Å². The first-order valence-electron chi connectivity index (χ1n) is 6.24. The zero-order valence-corrected chi connectivity index (χ0v) is 11.4. The number of hydrogen-bond donors (Lipinski definition) is 1. The average molecular weight is 270 g/mol. The largest absolute Gasteiger partial charge is 0.303 e. The fraction of sp³-hybridized carbons (Fsp3) is 0.286. The van der Waals surface area contributed by atoms with Crippen LogP contribution in [0.1, 0.15) is 12.6 Å². The molecule has 5 heteroatoms. The van der Waals surface area contributed by atoms with Gasteiger partial charge in [0.05, 0.1) is 0 Å². The summed E-state index contributed by atoms with van der Waals surface area (Å²) in [5.41, 5.74) is 1.65. The topological polar surface area (TPSA) is 52.0 Å². The number of fused-ring (bicyclic) bond motifs is 1. The van der Waals surface area contributed by atoms with Crippen LogP contribution in [0, 0.1) is 17.2 Å². The van der Waals surface area contributed by atoms with Crippen LogP contribution in [0.25, 0.3) is 10.8 Å². The summed E-state index contributed by atoms with van der Waals surface area (Å²) < 4.78 is 5.58. The Labute approximate surface area is 116 Å². The van der Waals surface area contributed by atoms with Crippen LogP contribution in [0.3, 0.4) is 0 Å². The first-order chi connectivity index (χ1) is 9.28. The number of anilines is 1. The SMILES string of the molecule is CC1CNSN(c2ccc3c(C#N)nccc3c2)C1. The third kappa shape index (κ3) is 2.37. The van der Waals surface area contributed by atoms with Crippen LogP contribution < -0.4 is 9.03 Å². The highest BCUT2D eigenvalue weighted by atomic mass is 32.2. The number of rotatable bonds is 1. The summed E-state index contributed by atoms with van der Waals surface area (Å²) in [6, 6.07) is 10.2. The Balaban J connectivity index is 2.00. The molecule has 0 spiro atoms. The van der Waals surface area contributed by atoms with E-state index in [1.54, 1.807) is 18.3 Å². The molecule has 2 heterocycles. The Kier molecular flexibility index (Phi) is 3.28. The second kappa shape index (κ2) is 5.08. The van der Waals surface area contributed by atoms with Gasteiger partial charge in [0.25, 0.3) is 0 Å². The van der Waals surface area contributed by atoms with E-state index in [1.807, 2.05) is 12.1 Å². The van der Waals surface area contributed by atoms with E-state index in [2.05, 4.69) is 39.1 Å². The van der Waals surface area contributed by atoms with Crippen molar-refractivity contribution in [3.8, 4) is 6.07 Å². The second-order valence-corrected chi connectivity index (χ2v) is 5.69. The highest BCUT2D eigenvalue weighted by Gasteiger charge is 2.17. The van der Waals surface area contributed by atoms with Crippen LogP contribution in [0.15, 0.2) is 30.5 Å². The number of nitrogens with one attached hydrogen (secondary N) is 1. The standard InChI is InChI=1S/C14H14N4S/c1-10-8-17-19-18(9-10)12-2-3-13-11(6-12)4-5-16-14(13)7-15/h2-6,10,17H,8-9H2,1H3. The Morgan fingerprint density at radius 2 is 2.37 bits per heavy atom. The van der Waals surface area contributed by atoms with Gasteiger partial charge in [-0.1, -0.05) is 6.92 Å². The summed E-state index contributed by atoms with van der Waals surface area (Å²) >= 11 is 1.64. The van der Waals surface area contributed by atoms with E-state index in [0.29, 0.717) is 11.6 Å². The molecule has 1 N–H and O–H groups in total. The monoisotopic (exact) mass is 270 g/mol. The summed E-state index contributed by atoms with van der Waals surface area (Å²) in [5.74, 6) is 0.629. The Hall–Kier alpha value is -1.77. The van der Waals surface area contributed by atoms with E-state index in [0.717, 1.165) is 29.5 Å². The van der Waals surface area contributed by atoms with Gasteiger partial charge in [-0.15, -0.1) is 0 Å². The lowest BCUT2D eigenvalue weighted by Gasteiger charge is -2.31. The molecule has 4 nitrogen and oxygen atoms in total. The number of nitriles is 1. The van der Waals surface area contributed by atoms with Gasteiger partial charge in [-0.25, -0.2) is 9.71 Å². The minimum absolute atomic E-state index is 0.488. The normalized spacial score (nSPS) is 19.4. The van der Waals surface area contributed by atoms with Gasteiger partial charge in [0.15, 0.2) is 0 Å². The molecule has 1 atom stereocenters. The van der Waals surface area contributed by atoms with Crippen LogP contribution in [0.2, 0.25) is 0 Å². The molecule has 0 saturated carbocycles. The van der Waals surface area contributed by atoms with Crippen molar-refractivity contribution in [2.45, 2.75) is 6.92 Å². The van der Waals surface area contributed by atoms with Crippen LogP contribution in [-0.4, -0.2) is 18.1 Å². The molecule has 1 aliphatic rings. The van der Waals surface area contributed by atoms with Crippen molar-refractivity contribution in [3.63, 3.8) is 0 Å². The highest BCUT2D eigenvalue weighted by Crippen LogP contribution is 2.29. The lowest BCUT2D eigenvalue weighted by Crippen LogP contribution is -2.36. The molecule has 1 aliphatic heterocycles. The number of hydrogen-bond acceptors (Lipinski definition) is 5. The summed E-state index contributed by atoms with van der Waals surface area (Å²) in [4.78, 5) is 4.09. The maximum atomic E-state index is 9.05. The fourth-order valence-electron chi connectivity index (χ4n) is 2.21. The molecule has 0 radical (unpaired) electrons. The van der Waals surface area contributed by atoms with E-state index in [9.17, 15) is 0 Å². The third-order valence-corrected chi connectivity index (χ3v) is 4.10. The molecule has 0 aliphatic carbocycles. The molecule has 3 rings (SSSR count). The van der Waals surface area contributed by atoms with Gasteiger partial charge >= 0.3 is 0 Å². The van der Waals surface area contributed by atoms with Gasteiger partial charge in [0, 0.05) is 42.5 Å². The van der Waals surface area contributed by atoms with Crippen LogP contribution in [-0.2, 0) is 0 Å². The Bertz CT molecular complexity index is 649. The fourth-order valence-corrected chi connectivity index (χ4v) is 3.27. The molecule has 19 heavy (non-hydrogen) atoms. The summed E-state index contributed by atoms with van der Waals surface area (Å²) in [6.07, 6.45) is 1.69. The van der Waals surface area contributed by atoms with Gasteiger partial charge in [-0.05, 0) is 35.6 Å². The van der Waals surface area contributed by atoms with E-state index in [-0.39, 0.29) is 0 Å². The Morgan fingerprint density at radius 1 is 1.47 bits per heavy atom. The van der Waals surface area contributed by atoms with Crippen molar-refractivity contribution in [2.24, 2.45) is 5.92 Å². The average Bonchev–Trinajstić information content (AvgIpc) is 2.46. The predicted molar refractivity (Wildman–Crippen MR) is 78.6 cm³/mol. The van der Waals surface area contributed by atoms with Crippen molar-refractivity contribution < 1.29 is 0 Å². The lowest BCUT2D eigenvalue weighted by atomic mass is 10.1. The van der Waals surface area contributed by atoms with Crippen molar-refractivity contribution >= 4 is 28.6 Å². The molecule has 1 saturated heterocycles. The summed E-state index contributed by atoms with van der Waals surface area (Å²) in [7, 11) is 0. The predicted octanol–water partition coefficient (Wildman–Crippen LogP) is 2.72. The molecular weight excluding hydrogens is 256 g/mol. The van der Waals surface area contributed by atoms with Crippen molar-refractivity contribution in [3.05, 3.63) is 36.2 Å². The quantitative estimate of drug-likeness (QED) is 0.807. The zero-order valence-electron chi connectivity index (χ0n) is 10.6. The zero-order chi connectivity index (χ0) is 13.2. The lowest BCUT2D eigenvalue weighted by molar-refractivity contribution is 0.574. The number of aromatic nitrogens is 1. The minimum atomic E-state index is 0.488. The molecule has 1 aromatic carbocycles. The minimum Gasteiger partial charge on any atom is -0.303 e. The molecule has 96 valence electrons. The number of nitrogens with zero attached hydrogens (tertiary/aromatic N) is 3. The smallest absolute Gasteiger partial charge is 0.148 e. The molecule has 1 aromatic heterocycles. The van der Waals surface area contributed by atoms with Crippen LogP contribution in [0.4, 0.5) is 5.69 Å². The van der Waals surface area contributed by atoms with Crippen LogP contribution in [0.5, 0.6) is 0 Å². The van der Waals surface area contributed by atoms with Crippen LogP contribution >= 0.6 is 12.1 Å². The first kappa shape index (κ1) is 12.3. The third-order valence-electron chi connectivity index (χ3n) is 3.23. The van der Waals surface area contributed by atoms with Crippen molar-refractivity contribution in [1.82, 2.24) is 9.71 Å². The summed E-state index contributed by atoms with van der Waals surface area (Å²) in [6.45, 7) is 4.30. The van der Waals surface area contributed by atoms with E-state index >= 15 is 0 Å². The maximum Gasteiger partial charge on any atom is 0.148 e. The van der Waals surface area contributed by atoms with Gasteiger partial charge in [0.2, 0.25) is 0 Å². The Morgan fingerprint density at radius 3 is 3.16 bits per heavy atom. The van der Waals surface area contributed by atoms with Crippen molar-refractivity contribution in [2.75, 3.05) is 17.4 Å². The molecule has 0 bridgehead atoms. The molecule has 2 aromatic rings. The molecule has 1 fully saturated rings. The molecule has 1 unspecified atom stereocenters. The van der Waals surface area contributed by atoms with E-state index in [4.69, 9.17) is 5.26 Å². The maximum absolute atomic E-state index is 9.05. The first-order valence-corrected chi connectivity index (χ1v) is 7.01. The number of benzene rings is 1. The highest BCUT2D eigenvalue weighted by molar-refractivity contribution is 7.98. The van der Waals surface area contributed by atoms with Gasteiger partial charge in [-0.2, -0.15) is 5.26 Å².